The molecule has 0 saturated heterocycles. The number of rotatable bonds is 0. The molecule has 2 heterocycles. The zero-order valence-corrected chi connectivity index (χ0v) is 7.42. The van der Waals surface area contributed by atoms with Gasteiger partial charge in [-0.25, -0.2) is 0 Å². The van der Waals surface area contributed by atoms with Gasteiger partial charge in [-0.1, -0.05) is 41.8 Å². The minimum atomic E-state index is 0. The van der Waals surface area contributed by atoms with Gasteiger partial charge in [0.15, 0.2) is 0 Å². The van der Waals surface area contributed by atoms with Crippen molar-refractivity contribution in [3.63, 3.8) is 0 Å². The van der Waals surface area contributed by atoms with Crippen molar-refractivity contribution in [2.24, 2.45) is 0 Å². The third-order valence-electron chi connectivity index (χ3n) is 1.36. The van der Waals surface area contributed by atoms with Crippen LogP contribution in [0.5, 0.6) is 0 Å². The van der Waals surface area contributed by atoms with Crippen molar-refractivity contribution in [3.05, 3.63) is 61.2 Å². The summed E-state index contributed by atoms with van der Waals surface area (Å²) in [4.78, 5) is 1.00. The van der Waals surface area contributed by atoms with E-state index in [9.17, 15) is 8.96 Å². The summed E-state index contributed by atoms with van der Waals surface area (Å²) in [5, 5.41) is 0. The van der Waals surface area contributed by atoms with Crippen LogP contribution in [-0.4, -0.2) is 0 Å². The van der Waals surface area contributed by atoms with Crippen molar-refractivity contribution in [1.29, 1.82) is 0 Å². The topological polar surface area (TPSA) is 7.76 Å². The van der Waals surface area contributed by atoms with Crippen LogP contribution in [0.15, 0.2) is 61.2 Å². The molecule has 0 aliphatic carbocycles. The van der Waals surface area contributed by atoms with Crippen molar-refractivity contribution < 1.29 is 18.5 Å². The highest BCUT2D eigenvalue weighted by atomic mass is 19.2. The first-order chi connectivity index (χ1) is 6.79. The van der Waals surface area contributed by atoms with Gasteiger partial charge >= 0.3 is 0 Å². The summed E-state index contributed by atoms with van der Waals surface area (Å²) in [6.45, 7) is 0. The molecule has 0 aromatic carbocycles. The Bertz CT molecular complexity index is 315. The van der Waals surface area contributed by atoms with Gasteiger partial charge in [-0.05, 0) is 0 Å². The highest BCUT2D eigenvalue weighted by molar-refractivity contribution is 4.83. The van der Waals surface area contributed by atoms with Crippen LogP contribution in [0.2, 0.25) is 0 Å². The molecule has 0 aliphatic heterocycles. The Morgan fingerprint density at radius 3 is 0.778 bits per heavy atom. The number of nitrogens with zero attached hydrogens (tertiary/aromatic N) is 2. The lowest BCUT2D eigenvalue weighted by Gasteiger charge is -1.69. The van der Waals surface area contributed by atoms with Crippen LogP contribution in [0.25, 0.3) is 0 Å². The standard InChI is InChI=1S/2C5H5FN.4CH4/c2*6-7-4-2-1-3-5-7;;;;/h2*1-5H;4*1H4/q2*+1;;;;. The van der Waals surface area contributed by atoms with E-state index in [4.69, 9.17) is 0 Å². The summed E-state index contributed by atoms with van der Waals surface area (Å²) in [5.41, 5.74) is 0. The zero-order valence-electron chi connectivity index (χ0n) is 7.42. The van der Waals surface area contributed by atoms with Crippen LogP contribution >= 0.6 is 0 Å². The molecule has 0 aliphatic rings. The van der Waals surface area contributed by atoms with E-state index in [-0.39, 0.29) is 29.7 Å². The van der Waals surface area contributed by atoms with Crippen LogP contribution in [0.1, 0.15) is 29.7 Å². The summed E-state index contributed by atoms with van der Waals surface area (Å²) < 4.78 is 23.6. The van der Waals surface area contributed by atoms with E-state index in [1.807, 2.05) is 0 Å². The van der Waals surface area contributed by atoms with E-state index in [1.165, 1.54) is 24.8 Å². The van der Waals surface area contributed by atoms with E-state index in [0.29, 0.717) is 9.58 Å². The molecular formula is C14H26F2N2+2. The van der Waals surface area contributed by atoms with Crippen molar-refractivity contribution in [2.75, 3.05) is 0 Å². The van der Waals surface area contributed by atoms with Gasteiger partial charge in [-0.2, -0.15) is 0 Å². The molecular weight excluding hydrogens is 234 g/mol. The Labute approximate surface area is 110 Å². The maximum atomic E-state index is 11.8. The SMILES string of the molecule is C.C.C.C.F[n+]1ccccc1.F[n+]1ccccc1. The number of hydrogen-bond donors (Lipinski definition) is 0. The smallest absolute Gasteiger partial charge is 0.0776 e. The van der Waals surface area contributed by atoms with Crippen molar-refractivity contribution in [2.45, 2.75) is 29.7 Å². The maximum Gasteiger partial charge on any atom is 0.218 e. The third-order valence-corrected chi connectivity index (χ3v) is 1.36. The maximum absolute atomic E-state index is 11.8. The van der Waals surface area contributed by atoms with Crippen LogP contribution in [0.4, 0.5) is 8.96 Å². The lowest BCUT2D eigenvalue weighted by Crippen LogP contribution is -2.18. The fraction of sp³-hybridized carbons (Fsp3) is 0.286. The average molecular weight is 260 g/mol. The lowest BCUT2D eigenvalue weighted by atomic mass is 10.5. The minimum Gasteiger partial charge on any atom is -0.0776 e. The molecule has 18 heavy (non-hydrogen) atoms. The largest absolute Gasteiger partial charge is 0.218 e. The number of hydrogen-bond acceptors (Lipinski definition) is 0. The van der Waals surface area contributed by atoms with E-state index >= 15 is 0 Å². The van der Waals surface area contributed by atoms with Crippen LogP contribution in [0, 0.1) is 0 Å². The molecule has 0 amide bonds. The van der Waals surface area contributed by atoms with Crippen LogP contribution < -0.4 is 9.58 Å². The summed E-state index contributed by atoms with van der Waals surface area (Å²) in [7, 11) is 0. The van der Waals surface area contributed by atoms with E-state index in [1.54, 1.807) is 36.4 Å². The second kappa shape index (κ2) is 15.2. The average Bonchev–Trinajstić information content (AvgIpc) is 2.21. The summed E-state index contributed by atoms with van der Waals surface area (Å²) >= 11 is 0. The predicted molar refractivity (Wildman–Crippen MR) is 73.2 cm³/mol. The molecule has 4 heteroatoms. The Morgan fingerprint density at radius 2 is 0.667 bits per heavy atom. The van der Waals surface area contributed by atoms with Gasteiger partial charge < -0.3 is 0 Å². The normalized spacial score (nSPS) is 6.78. The monoisotopic (exact) mass is 260 g/mol. The van der Waals surface area contributed by atoms with E-state index in [2.05, 4.69) is 0 Å². The van der Waals surface area contributed by atoms with Crippen molar-refractivity contribution in [3.8, 4) is 0 Å². The van der Waals surface area contributed by atoms with Gasteiger partial charge in [0.1, 0.15) is 0 Å². The first kappa shape index (κ1) is 25.1. The molecule has 2 nitrogen and oxygen atoms in total. The first-order valence-electron chi connectivity index (χ1n) is 4.04. The summed E-state index contributed by atoms with van der Waals surface area (Å²) in [6.07, 6.45) is 5.33. The Balaban J connectivity index is -0.0000000891. The Kier molecular flexibility index (Phi) is 21.2. The van der Waals surface area contributed by atoms with Gasteiger partial charge in [0.05, 0.1) is 8.96 Å². The molecule has 0 fully saturated rings. The van der Waals surface area contributed by atoms with Gasteiger partial charge in [-0.15, -0.1) is 0 Å². The fourth-order valence-corrected chi connectivity index (χ4v) is 0.755. The van der Waals surface area contributed by atoms with Gasteiger partial charge in [0.25, 0.3) is 0 Å². The second-order valence-electron chi connectivity index (χ2n) is 2.44. The summed E-state index contributed by atoms with van der Waals surface area (Å²) in [6, 6.07) is 10.0. The molecule has 0 radical (unpaired) electrons. The molecule has 0 bridgehead atoms. The number of pyridine rings is 2. The molecule has 104 valence electrons. The molecule has 2 aromatic heterocycles. The molecule has 0 N–H and O–H groups in total. The predicted octanol–water partition coefficient (Wildman–Crippen LogP) is 3.96. The molecule has 0 saturated carbocycles. The van der Waals surface area contributed by atoms with Gasteiger partial charge in [0, 0.05) is 33.8 Å². The summed E-state index contributed by atoms with van der Waals surface area (Å²) in [5.74, 6) is 0. The zero-order chi connectivity index (χ0) is 10.2. The first-order valence-corrected chi connectivity index (χ1v) is 4.04. The molecule has 0 spiro atoms. The molecule has 0 unspecified atom stereocenters. The van der Waals surface area contributed by atoms with Crippen LogP contribution in [0.3, 0.4) is 0 Å². The lowest BCUT2D eigenvalue weighted by molar-refractivity contribution is -0.843. The molecule has 2 aromatic rings. The number of aromatic nitrogens is 2. The second-order valence-corrected chi connectivity index (χ2v) is 2.44. The fourth-order valence-electron chi connectivity index (χ4n) is 0.755. The van der Waals surface area contributed by atoms with E-state index < -0.39 is 0 Å². The van der Waals surface area contributed by atoms with Gasteiger partial charge in [-0.3, -0.25) is 0 Å². The minimum absolute atomic E-state index is 0. The van der Waals surface area contributed by atoms with Crippen LogP contribution in [-0.2, 0) is 0 Å². The quantitative estimate of drug-likeness (QED) is 0.677. The van der Waals surface area contributed by atoms with Crippen molar-refractivity contribution in [1.82, 2.24) is 0 Å². The Morgan fingerprint density at radius 1 is 0.444 bits per heavy atom. The van der Waals surface area contributed by atoms with Gasteiger partial charge in [0.2, 0.25) is 24.8 Å². The highest BCUT2D eigenvalue weighted by Crippen LogP contribution is 1.74. The molecule has 0 atom stereocenters. The number of halogens is 2. The van der Waals surface area contributed by atoms with Crippen molar-refractivity contribution >= 4 is 0 Å². The Hall–Kier alpha value is -1.84. The molecule has 2 rings (SSSR count). The third kappa shape index (κ3) is 12.2. The highest BCUT2D eigenvalue weighted by Gasteiger charge is 1.86. The van der Waals surface area contributed by atoms with E-state index in [0.717, 1.165) is 0 Å².